The third-order valence-corrected chi connectivity index (χ3v) is 11.7. The second kappa shape index (κ2) is 12.1. The van der Waals surface area contributed by atoms with Crippen LogP contribution in [0.1, 0.15) is 60.5 Å². The molecule has 1 aliphatic rings. The SMILES string of the molecule is COc1ccc(CO[C@H](/C=C\[C@@H](C)C(C)O[Si](C)(C)C(C)(C)C)[C@H]2OC(C)(C)O[C@H]2CC=O)cc1. The Hall–Kier alpha value is -1.51. The summed E-state index contributed by atoms with van der Waals surface area (Å²) < 4.78 is 30.4. The van der Waals surface area contributed by atoms with Crippen LogP contribution in [0.15, 0.2) is 36.4 Å². The van der Waals surface area contributed by atoms with E-state index in [2.05, 4.69) is 53.8 Å². The highest BCUT2D eigenvalue weighted by molar-refractivity contribution is 6.74. The first-order valence-corrected chi connectivity index (χ1v) is 15.5. The van der Waals surface area contributed by atoms with Crippen molar-refractivity contribution >= 4 is 14.6 Å². The van der Waals surface area contributed by atoms with Crippen LogP contribution in [0.25, 0.3) is 0 Å². The lowest BCUT2D eigenvalue weighted by atomic mass is 10.0. The summed E-state index contributed by atoms with van der Waals surface area (Å²) >= 11 is 0. The van der Waals surface area contributed by atoms with Crippen LogP contribution in [0.4, 0.5) is 0 Å². The zero-order valence-electron chi connectivity index (χ0n) is 23.3. The Bertz CT molecular complexity index is 827. The van der Waals surface area contributed by atoms with Crippen molar-refractivity contribution in [1.82, 2.24) is 0 Å². The van der Waals surface area contributed by atoms with Gasteiger partial charge in [-0.2, -0.15) is 0 Å². The molecule has 0 radical (unpaired) electrons. The highest BCUT2D eigenvalue weighted by Gasteiger charge is 2.45. The van der Waals surface area contributed by atoms with Crippen LogP contribution in [-0.2, 0) is 30.0 Å². The summed E-state index contributed by atoms with van der Waals surface area (Å²) in [6, 6.07) is 7.80. The van der Waals surface area contributed by atoms with Gasteiger partial charge >= 0.3 is 0 Å². The van der Waals surface area contributed by atoms with Crippen LogP contribution in [-0.4, -0.2) is 51.9 Å². The van der Waals surface area contributed by atoms with Crippen LogP contribution >= 0.6 is 0 Å². The molecule has 0 aromatic heterocycles. The first kappa shape index (κ1) is 29.7. The second-order valence-electron chi connectivity index (χ2n) is 11.5. The van der Waals surface area contributed by atoms with E-state index in [1.807, 2.05) is 44.2 Å². The molecule has 1 heterocycles. The van der Waals surface area contributed by atoms with Crippen molar-refractivity contribution in [3.05, 3.63) is 42.0 Å². The predicted octanol–water partition coefficient (Wildman–Crippen LogP) is 6.29. The fourth-order valence-corrected chi connectivity index (χ4v) is 5.28. The van der Waals surface area contributed by atoms with E-state index in [4.69, 9.17) is 23.4 Å². The van der Waals surface area contributed by atoms with Gasteiger partial charge in [-0.3, -0.25) is 0 Å². The summed E-state index contributed by atoms with van der Waals surface area (Å²) in [7, 11) is -0.231. The molecular formula is C28H46O6Si. The number of benzene rings is 1. The number of ether oxygens (including phenoxy) is 4. The number of aldehydes is 1. The molecule has 35 heavy (non-hydrogen) atoms. The molecule has 0 aliphatic carbocycles. The standard InChI is InChI=1S/C28H46O6Si/c1-20(21(2)34-35(9,10)27(3,4)5)11-16-24(26-25(17-18-29)32-28(6,7)33-26)31-19-22-12-14-23(30-8)15-13-22/h11-16,18,20-21,24-26H,17,19H2,1-10H3/b16-11-/t20-,21?,24-,25+,26-/m1/s1. The van der Waals surface area contributed by atoms with Gasteiger partial charge in [0.15, 0.2) is 14.1 Å². The molecule has 1 aromatic rings. The lowest BCUT2D eigenvalue weighted by Gasteiger charge is -2.39. The molecule has 0 N–H and O–H groups in total. The fourth-order valence-electron chi connectivity index (χ4n) is 3.78. The van der Waals surface area contributed by atoms with Gasteiger partial charge in [0.1, 0.15) is 24.2 Å². The Kier molecular flexibility index (Phi) is 10.3. The van der Waals surface area contributed by atoms with Crippen molar-refractivity contribution in [3.63, 3.8) is 0 Å². The third-order valence-electron chi connectivity index (χ3n) is 7.11. The largest absolute Gasteiger partial charge is 0.497 e. The smallest absolute Gasteiger partial charge is 0.192 e. The van der Waals surface area contributed by atoms with Gasteiger partial charge in [0, 0.05) is 12.5 Å². The van der Waals surface area contributed by atoms with Crippen LogP contribution in [0, 0.1) is 5.92 Å². The zero-order chi connectivity index (χ0) is 26.4. The number of methoxy groups -OCH3 is 1. The highest BCUT2D eigenvalue weighted by Crippen LogP contribution is 2.38. The van der Waals surface area contributed by atoms with Gasteiger partial charge in [-0.05, 0) is 62.5 Å². The first-order chi connectivity index (χ1) is 16.2. The van der Waals surface area contributed by atoms with E-state index in [1.54, 1.807) is 7.11 Å². The zero-order valence-corrected chi connectivity index (χ0v) is 24.3. The monoisotopic (exact) mass is 506 g/mol. The van der Waals surface area contributed by atoms with Crippen LogP contribution in [0.2, 0.25) is 18.1 Å². The Morgan fingerprint density at radius 2 is 1.71 bits per heavy atom. The topological polar surface area (TPSA) is 63.2 Å². The molecule has 1 saturated heterocycles. The molecule has 1 aromatic carbocycles. The van der Waals surface area contributed by atoms with Gasteiger partial charge in [-0.25, -0.2) is 0 Å². The van der Waals surface area contributed by atoms with Crippen molar-refractivity contribution in [1.29, 1.82) is 0 Å². The first-order valence-electron chi connectivity index (χ1n) is 12.6. The summed E-state index contributed by atoms with van der Waals surface area (Å²) in [4.78, 5) is 11.3. The van der Waals surface area contributed by atoms with Crippen molar-refractivity contribution in [2.75, 3.05) is 7.11 Å². The summed E-state index contributed by atoms with van der Waals surface area (Å²) in [6.45, 7) is 19.7. The molecule has 1 fully saturated rings. The molecule has 0 bridgehead atoms. The van der Waals surface area contributed by atoms with Crippen molar-refractivity contribution in [2.45, 2.75) is 110 Å². The second-order valence-corrected chi connectivity index (χ2v) is 16.2. The maximum atomic E-state index is 11.3. The molecule has 6 nitrogen and oxygen atoms in total. The molecular weight excluding hydrogens is 460 g/mol. The van der Waals surface area contributed by atoms with Crippen molar-refractivity contribution < 1.29 is 28.2 Å². The molecule has 1 unspecified atom stereocenters. The summed E-state index contributed by atoms with van der Waals surface area (Å²) in [5.41, 5.74) is 1.02. The third kappa shape index (κ3) is 8.53. The van der Waals surface area contributed by atoms with Gasteiger partial charge in [-0.1, -0.05) is 52.0 Å². The minimum absolute atomic E-state index is 0.0670. The predicted molar refractivity (Wildman–Crippen MR) is 142 cm³/mol. The summed E-state index contributed by atoms with van der Waals surface area (Å²) in [6.07, 6.45) is 4.24. The molecule has 198 valence electrons. The highest BCUT2D eigenvalue weighted by atomic mass is 28.4. The van der Waals surface area contributed by atoms with E-state index in [1.165, 1.54) is 0 Å². The van der Waals surface area contributed by atoms with Gasteiger partial charge in [0.05, 0.1) is 19.8 Å². The van der Waals surface area contributed by atoms with E-state index in [9.17, 15) is 4.79 Å². The molecule has 2 rings (SSSR count). The van der Waals surface area contributed by atoms with Crippen molar-refractivity contribution in [2.24, 2.45) is 5.92 Å². The molecule has 0 spiro atoms. The maximum absolute atomic E-state index is 11.3. The van der Waals surface area contributed by atoms with E-state index in [0.717, 1.165) is 17.6 Å². The summed E-state index contributed by atoms with van der Waals surface area (Å²) in [5, 5.41) is 0.150. The number of carbonyl (C=O) groups excluding carboxylic acids is 1. The van der Waals surface area contributed by atoms with E-state index in [-0.39, 0.29) is 35.7 Å². The lowest BCUT2D eigenvalue weighted by Crippen LogP contribution is -2.44. The summed E-state index contributed by atoms with van der Waals surface area (Å²) in [5.74, 6) is 0.198. The van der Waals surface area contributed by atoms with Crippen LogP contribution < -0.4 is 4.74 Å². The minimum atomic E-state index is -1.88. The minimum Gasteiger partial charge on any atom is -0.497 e. The van der Waals surface area contributed by atoms with E-state index >= 15 is 0 Å². The van der Waals surface area contributed by atoms with Crippen LogP contribution in [0.3, 0.4) is 0 Å². The molecule has 0 saturated carbocycles. The number of hydrogen-bond acceptors (Lipinski definition) is 6. The Morgan fingerprint density at radius 1 is 1.09 bits per heavy atom. The Labute approximate surface area is 213 Å². The van der Waals surface area contributed by atoms with E-state index < -0.39 is 20.2 Å². The maximum Gasteiger partial charge on any atom is 0.192 e. The quantitative estimate of drug-likeness (QED) is 0.189. The molecule has 7 heteroatoms. The average molecular weight is 507 g/mol. The molecule has 0 amide bonds. The average Bonchev–Trinajstić information content (AvgIpc) is 3.07. The van der Waals surface area contributed by atoms with Crippen LogP contribution in [0.5, 0.6) is 5.75 Å². The van der Waals surface area contributed by atoms with Gasteiger partial charge in [0.25, 0.3) is 0 Å². The van der Waals surface area contributed by atoms with Gasteiger partial charge in [0.2, 0.25) is 0 Å². The number of rotatable bonds is 12. The number of carbonyl (C=O) groups is 1. The molecule has 1 aliphatic heterocycles. The van der Waals surface area contributed by atoms with Gasteiger partial charge < -0.3 is 28.2 Å². The Balaban J connectivity index is 2.20. The van der Waals surface area contributed by atoms with Gasteiger partial charge in [-0.15, -0.1) is 0 Å². The van der Waals surface area contributed by atoms with Crippen molar-refractivity contribution in [3.8, 4) is 5.75 Å². The normalized spacial score (nSPS) is 23.3. The number of hydrogen-bond donors (Lipinski definition) is 0. The Morgan fingerprint density at radius 3 is 2.26 bits per heavy atom. The molecule has 5 atom stereocenters. The lowest BCUT2D eigenvalue weighted by molar-refractivity contribution is -0.156. The van der Waals surface area contributed by atoms with E-state index in [0.29, 0.717) is 6.61 Å². The fraction of sp³-hybridized carbons (Fsp3) is 0.679.